The monoisotopic (exact) mass is 342 g/mol. The van der Waals surface area contributed by atoms with Gasteiger partial charge in [-0.15, -0.1) is 11.3 Å². The van der Waals surface area contributed by atoms with E-state index >= 15 is 0 Å². The molecule has 1 aromatic carbocycles. The highest BCUT2D eigenvalue weighted by Gasteiger charge is 2.18. The van der Waals surface area contributed by atoms with Gasteiger partial charge in [0, 0.05) is 5.38 Å². The zero-order valence-corrected chi connectivity index (χ0v) is 13.5. The summed E-state index contributed by atoms with van der Waals surface area (Å²) in [5.74, 6) is 0.170. The number of nitrogens with zero attached hydrogens (tertiary/aromatic N) is 1. The average molecular weight is 343 g/mol. The van der Waals surface area contributed by atoms with E-state index in [1.165, 1.54) is 6.07 Å². The van der Waals surface area contributed by atoms with Crippen molar-refractivity contribution in [2.24, 2.45) is 0 Å². The van der Waals surface area contributed by atoms with Crippen LogP contribution in [0.4, 0.5) is 4.39 Å². The molecule has 2 nitrogen and oxygen atoms in total. The summed E-state index contributed by atoms with van der Waals surface area (Å²) in [5.41, 5.74) is 2.10. The third-order valence-electron chi connectivity index (χ3n) is 2.94. The molecule has 102 valence electrons. The molecule has 0 saturated carbocycles. The van der Waals surface area contributed by atoms with Gasteiger partial charge in [0.2, 0.25) is 0 Å². The second kappa shape index (κ2) is 6.11. The molecule has 1 heterocycles. The molecule has 0 radical (unpaired) electrons. The third-order valence-corrected chi connectivity index (χ3v) is 4.48. The van der Waals surface area contributed by atoms with Gasteiger partial charge in [-0.2, -0.15) is 0 Å². The molecule has 2 rings (SSSR count). The Morgan fingerprint density at radius 2 is 2.11 bits per heavy atom. The van der Waals surface area contributed by atoms with E-state index in [-0.39, 0.29) is 11.9 Å². The highest BCUT2D eigenvalue weighted by atomic mass is 79.9. The van der Waals surface area contributed by atoms with E-state index in [9.17, 15) is 4.39 Å². The standard InChI is InChI=1S/C14H16BrFN2S/c1-8(2)12-7-19-14(18-12)13(17-3)9-4-5-11(16)10(15)6-9/h4-8,13,17H,1-3H3. The van der Waals surface area contributed by atoms with Crippen molar-refractivity contribution in [3.63, 3.8) is 0 Å². The number of benzene rings is 1. The van der Waals surface area contributed by atoms with Gasteiger partial charge >= 0.3 is 0 Å². The highest BCUT2D eigenvalue weighted by Crippen LogP contribution is 2.29. The molecule has 5 heteroatoms. The van der Waals surface area contributed by atoms with Crippen LogP contribution in [0.2, 0.25) is 0 Å². The summed E-state index contributed by atoms with van der Waals surface area (Å²) in [4.78, 5) is 4.66. The molecular weight excluding hydrogens is 327 g/mol. The molecule has 0 spiro atoms. The summed E-state index contributed by atoms with van der Waals surface area (Å²) in [6.45, 7) is 4.25. The predicted molar refractivity (Wildman–Crippen MR) is 81.2 cm³/mol. The molecule has 1 N–H and O–H groups in total. The van der Waals surface area contributed by atoms with E-state index in [0.29, 0.717) is 10.4 Å². The molecule has 0 fully saturated rings. The molecule has 0 amide bonds. The van der Waals surface area contributed by atoms with E-state index in [2.05, 4.69) is 45.5 Å². The molecule has 0 bridgehead atoms. The Morgan fingerprint density at radius 3 is 2.63 bits per heavy atom. The Morgan fingerprint density at radius 1 is 1.37 bits per heavy atom. The first-order valence-corrected chi connectivity index (χ1v) is 7.77. The molecule has 1 unspecified atom stereocenters. The summed E-state index contributed by atoms with van der Waals surface area (Å²) in [7, 11) is 1.89. The van der Waals surface area contributed by atoms with Crippen molar-refractivity contribution in [2.75, 3.05) is 7.05 Å². The van der Waals surface area contributed by atoms with Gasteiger partial charge in [-0.3, -0.25) is 0 Å². The van der Waals surface area contributed by atoms with Crippen LogP contribution < -0.4 is 5.32 Å². The quantitative estimate of drug-likeness (QED) is 0.886. The Kier molecular flexibility index (Phi) is 4.71. The normalized spacial score (nSPS) is 12.9. The van der Waals surface area contributed by atoms with Crippen LogP contribution in [0.15, 0.2) is 28.1 Å². The number of hydrogen-bond acceptors (Lipinski definition) is 3. The topological polar surface area (TPSA) is 24.9 Å². The summed E-state index contributed by atoms with van der Waals surface area (Å²) < 4.78 is 13.8. The first kappa shape index (κ1) is 14.6. The number of rotatable bonds is 4. The van der Waals surface area contributed by atoms with Crippen LogP contribution in [0.5, 0.6) is 0 Å². The van der Waals surface area contributed by atoms with Gasteiger partial charge in [0.1, 0.15) is 10.8 Å². The lowest BCUT2D eigenvalue weighted by atomic mass is 10.1. The smallest absolute Gasteiger partial charge is 0.137 e. The van der Waals surface area contributed by atoms with E-state index < -0.39 is 0 Å². The van der Waals surface area contributed by atoms with Crippen LogP contribution in [0.3, 0.4) is 0 Å². The van der Waals surface area contributed by atoms with Crippen LogP contribution in [0.25, 0.3) is 0 Å². The van der Waals surface area contributed by atoms with Crippen molar-refractivity contribution >= 4 is 27.3 Å². The number of thiazole rings is 1. The van der Waals surface area contributed by atoms with E-state index in [0.717, 1.165) is 16.3 Å². The fraction of sp³-hybridized carbons (Fsp3) is 0.357. The molecular formula is C14H16BrFN2S. The zero-order valence-electron chi connectivity index (χ0n) is 11.1. The van der Waals surface area contributed by atoms with Crippen molar-refractivity contribution in [3.8, 4) is 0 Å². The van der Waals surface area contributed by atoms with Gasteiger partial charge in [-0.25, -0.2) is 9.37 Å². The van der Waals surface area contributed by atoms with Crippen molar-refractivity contribution < 1.29 is 4.39 Å². The largest absolute Gasteiger partial charge is 0.307 e. The second-order valence-corrected chi connectivity index (χ2v) is 6.40. The average Bonchev–Trinajstić information content (AvgIpc) is 2.84. The van der Waals surface area contributed by atoms with E-state index in [4.69, 9.17) is 0 Å². The summed E-state index contributed by atoms with van der Waals surface area (Å²) >= 11 is 4.86. The lowest BCUT2D eigenvalue weighted by Crippen LogP contribution is -2.17. The Labute approximate surface area is 125 Å². The van der Waals surface area contributed by atoms with Gasteiger partial charge in [-0.05, 0) is 46.6 Å². The lowest BCUT2D eigenvalue weighted by molar-refractivity contribution is 0.616. The van der Waals surface area contributed by atoms with Crippen LogP contribution >= 0.6 is 27.3 Å². The lowest BCUT2D eigenvalue weighted by Gasteiger charge is -2.14. The van der Waals surface area contributed by atoms with Gasteiger partial charge in [-0.1, -0.05) is 19.9 Å². The summed E-state index contributed by atoms with van der Waals surface area (Å²) in [6, 6.07) is 5.06. The molecule has 0 aliphatic heterocycles. The fourth-order valence-corrected chi connectivity index (χ4v) is 3.33. The zero-order chi connectivity index (χ0) is 14.0. The molecule has 0 aliphatic rings. The predicted octanol–water partition coefficient (Wildman–Crippen LogP) is 4.48. The van der Waals surface area contributed by atoms with Crippen LogP contribution in [-0.4, -0.2) is 12.0 Å². The maximum Gasteiger partial charge on any atom is 0.137 e. The maximum absolute atomic E-state index is 13.3. The second-order valence-electron chi connectivity index (χ2n) is 4.66. The number of aromatic nitrogens is 1. The van der Waals surface area contributed by atoms with Crippen molar-refractivity contribution in [3.05, 3.63) is 50.1 Å². The van der Waals surface area contributed by atoms with Crippen molar-refractivity contribution in [1.82, 2.24) is 10.3 Å². The van der Waals surface area contributed by atoms with Gasteiger partial charge in [0.05, 0.1) is 16.2 Å². The van der Waals surface area contributed by atoms with E-state index in [1.54, 1.807) is 23.5 Å². The minimum atomic E-state index is -0.249. The Hall–Kier alpha value is -0.780. The van der Waals surface area contributed by atoms with Crippen LogP contribution in [0, 0.1) is 5.82 Å². The first-order chi connectivity index (χ1) is 9.02. The van der Waals surface area contributed by atoms with Crippen molar-refractivity contribution in [1.29, 1.82) is 0 Å². The SMILES string of the molecule is CNC(c1ccc(F)c(Br)c1)c1nc(C(C)C)cs1. The summed E-state index contributed by atoms with van der Waals surface area (Å²) in [6.07, 6.45) is 0. The minimum absolute atomic E-state index is 0.00519. The third kappa shape index (κ3) is 3.22. The van der Waals surface area contributed by atoms with Crippen LogP contribution in [-0.2, 0) is 0 Å². The molecule has 1 atom stereocenters. The molecule has 19 heavy (non-hydrogen) atoms. The molecule has 1 aromatic heterocycles. The number of halogens is 2. The summed E-state index contributed by atoms with van der Waals surface area (Å²) in [5, 5.41) is 6.33. The van der Waals surface area contributed by atoms with Crippen LogP contribution in [0.1, 0.15) is 42.1 Å². The number of hydrogen-bond donors (Lipinski definition) is 1. The Bertz CT molecular complexity index is 568. The van der Waals surface area contributed by atoms with Gasteiger partial charge in [0.25, 0.3) is 0 Å². The maximum atomic E-state index is 13.3. The molecule has 0 aliphatic carbocycles. The fourth-order valence-electron chi connectivity index (χ4n) is 1.82. The molecule has 2 aromatic rings. The van der Waals surface area contributed by atoms with E-state index in [1.807, 2.05) is 7.05 Å². The minimum Gasteiger partial charge on any atom is -0.307 e. The molecule has 0 saturated heterocycles. The first-order valence-electron chi connectivity index (χ1n) is 6.10. The van der Waals surface area contributed by atoms with Gasteiger partial charge in [0.15, 0.2) is 0 Å². The number of nitrogens with one attached hydrogen (secondary N) is 1. The Balaban J connectivity index is 2.35. The van der Waals surface area contributed by atoms with Crippen molar-refractivity contribution in [2.45, 2.75) is 25.8 Å². The highest BCUT2D eigenvalue weighted by molar-refractivity contribution is 9.10. The van der Waals surface area contributed by atoms with Gasteiger partial charge < -0.3 is 5.32 Å².